The Bertz CT molecular complexity index is 820. The molecular weight excluding hydrogens is 384 g/mol. The first-order valence-electron chi connectivity index (χ1n) is 8.24. The maximum atomic E-state index is 12.0. The summed E-state index contributed by atoms with van der Waals surface area (Å²) in [7, 11) is 0. The van der Waals surface area contributed by atoms with E-state index in [2.05, 4.69) is 0 Å². The van der Waals surface area contributed by atoms with Crippen molar-refractivity contribution in [3.05, 3.63) is 22.8 Å². The van der Waals surface area contributed by atoms with Crippen LogP contribution < -0.4 is 0 Å². The number of hydrogen-bond donors (Lipinski definition) is 0. The third-order valence-electron chi connectivity index (χ3n) is 4.94. The second-order valence-corrected chi connectivity index (χ2v) is 10.6. The molecule has 7 heteroatoms. The summed E-state index contributed by atoms with van der Waals surface area (Å²) in [6.07, 6.45) is 20.7. The fourth-order valence-corrected chi connectivity index (χ4v) is 8.01. The summed E-state index contributed by atoms with van der Waals surface area (Å²) in [6.45, 7) is 3.50. The van der Waals surface area contributed by atoms with Crippen LogP contribution in [0.25, 0.3) is 0 Å². The molecule has 0 radical (unpaired) electrons. The van der Waals surface area contributed by atoms with Crippen LogP contribution in [0, 0.1) is 37.0 Å². The van der Waals surface area contributed by atoms with Crippen LogP contribution in [-0.2, 0) is 42.1 Å². The van der Waals surface area contributed by atoms with Gasteiger partial charge in [-0.25, -0.2) is 0 Å². The summed E-state index contributed by atoms with van der Waals surface area (Å²) in [5.74, 6) is 2.02. The molecular formula is C20H18O6Ti. The second-order valence-electron chi connectivity index (χ2n) is 6.32. The predicted molar refractivity (Wildman–Crippen MR) is 92.4 cm³/mol. The van der Waals surface area contributed by atoms with Crippen LogP contribution in [0.3, 0.4) is 0 Å². The van der Waals surface area contributed by atoms with Crippen LogP contribution in [0.4, 0.5) is 0 Å². The van der Waals surface area contributed by atoms with E-state index in [1.54, 1.807) is 31.6 Å². The van der Waals surface area contributed by atoms with Crippen LogP contribution in [0.15, 0.2) is 22.8 Å². The molecule has 0 fully saturated rings. The zero-order chi connectivity index (χ0) is 20.2. The summed E-state index contributed by atoms with van der Waals surface area (Å²) >= 11 is -5.20. The van der Waals surface area contributed by atoms with Crippen molar-refractivity contribution in [3.63, 3.8) is 0 Å². The number of hydrogen-bond acceptors (Lipinski definition) is 6. The van der Waals surface area contributed by atoms with Gasteiger partial charge in [0.2, 0.25) is 0 Å². The molecule has 0 bridgehead atoms. The SMILES string of the molecule is C#CC(=O)[O][Ti]([O]C(=O)C#C)([O]C(=O)C#C)[C]1(C)C(C)=CC2=C1CCCC2. The average molecular weight is 402 g/mol. The summed E-state index contributed by atoms with van der Waals surface area (Å²) in [5.41, 5.74) is 2.67. The van der Waals surface area contributed by atoms with E-state index in [4.69, 9.17) is 29.2 Å². The maximum absolute atomic E-state index is 12.0. The van der Waals surface area contributed by atoms with Gasteiger partial charge in [-0.1, -0.05) is 0 Å². The van der Waals surface area contributed by atoms with Gasteiger partial charge in [-0.15, -0.1) is 0 Å². The second kappa shape index (κ2) is 7.89. The van der Waals surface area contributed by atoms with Gasteiger partial charge in [-0.05, 0) is 0 Å². The molecule has 0 saturated carbocycles. The third kappa shape index (κ3) is 3.58. The van der Waals surface area contributed by atoms with E-state index in [1.807, 2.05) is 6.08 Å². The van der Waals surface area contributed by atoms with Crippen molar-refractivity contribution in [1.82, 2.24) is 0 Å². The molecule has 2 aliphatic carbocycles. The van der Waals surface area contributed by atoms with Crippen LogP contribution in [0.2, 0.25) is 3.72 Å². The van der Waals surface area contributed by atoms with Crippen molar-refractivity contribution in [2.75, 3.05) is 0 Å². The minimum atomic E-state index is -5.20. The first-order chi connectivity index (χ1) is 12.7. The Morgan fingerprint density at radius 1 is 0.963 bits per heavy atom. The van der Waals surface area contributed by atoms with Crippen molar-refractivity contribution < 1.29 is 42.1 Å². The third-order valence-corrected chi connectivity index (χ3v) is 10.1. The van der Waals surface area contributed by atoms with Gasteiger partial charge < -0.3 is 0 Å². The fourth-order valence-electron chi connectivity index (χ4n) is 3.55. The molecule has 0 aromatic carbocycles. The number of carbonyl (C=O) groups excluding carboxylic acids is 3. The van der Waals surface area contributed by atoms with E-state index >= 15 is 0 Å². The number of terminal acetylenes is 3. The quantitative estimate of drug-likeness (QED) is 0.531. The molecule has 2 aliphatic rings. The van der Waals surface area contributed by atoms with Crippen molar-refractivity contribution in [1.29, 1.82) is 0 Å². The van der Waals surface area contributed by atoms with Crippen LogP contribution in [0.1, 0.15) is 39.5 Å². The van der Waals surface area contributed by atoms with Crippen molar-refractivity contribution in [3.8, 4) is 37.0 Å². The van der Waals surface area contributed by atoms with E-state index in [9.17, 15) is 14.4 Å². The van der Waals surface area contributed by atoms with Gasteiger partial charge in [0.25, 0.3) is 0 Å². The van der Waals surface area contributed by atoms with Gasteiger partial charge in [-0.3, -0.25) is 0 Å². The molecule has 27 heavy (non-hydrogen) atoms. The summed E-state index contributed by atoms with van der Waals surface area (Å²) in [6, 6.07) is 0. The molecule has 0 saturated heterocycles. The Morgan fingerprint density at radius 2 is 1.41 bits per heavy atom. The van der Waals surface area contributed by atoms with Gasteiger partial charge in [0.15, 0.2) is 0 Å². The summed E-state index contributed by atoms with van der Waals surface area (Å²) in [5, 5.41) is 0. The van der Waals surface area contributed by atoms with Gasteiger partial charge >= 0.3 is 163 Å². The molecule has 0 heterocycles. The monoisotopic (exact) mass is 402 g/mol. The van der Waals surface area contributed by atoms with E-state index in [0.717, 1.165) is 36.0 Å². The fraction of sp³-hybridized carbons (Fsp3) is 0.350. The zero-order valence-corrected chi connectivity index (χ0v) is 16.6. The van der Waals surface area contributed by atoms with Gasteiger partial charge in [0, 0.05) is 0 Å². The molecule has 0 N–H and O–H groups in total. The average Bonchev–Trinajstić information content (AvgIpc) is 2.93. The van der Waals surface area contributed by atoms with Crippen LogP contribution in [-0.4, -0.2) is 17.9 Å². The van der Waals surface area contributed by atoms with Crippen molar-refractivity contribution in [2.45, 2.75) is 43.3 Å². The number of allylic oxidation sites excluding steroid dienone is 4. The van der Waals surface area contributed by atoms with Gasteiger partial charge in [-0.2, -0.15) is 0 Å². The Morgan fingerprint density at radius 3 is 1.85 bits per heavy atom. The van der Waals surface area contributed by atoms with E-state index in [-0.39, 0.29) is 0 Å². The zero-order valence-electron chi connectivity index (χ0n) is 15.1. The predicted octanol–water partition coefficient (Wildman–Crippen LogP) is 2.42. The van der Waals surface area contributed by atoms with E-state index in [1.165, 1.54) is 0 Å². The molecule has 138 valence electrons. The van der Waals surface area contributed by atoms with Crippen molar-refractivity contribution >= 4 is 17.9 Å². The first-order valence-corrected chi connectivity index (χ1v) is 10.9. The summed E-state index contributed by atoms with van der Waals surface area (Å²) in [4.78, 5) is 36.0. The topological polar surface area (TPSA) is 78.9 Å². The molecule has 0 aliphatic heterocycles. The molecule has 1 atom stereocenters. The normalized spacial score (nSPS) is 20.9. The van der Waals surface area contributed by atoms with Crippen LogP contribution in [0.5, 0.6) is 0 Å². The molecule has 1 unspecified atom stereocenters. The molecule has 0 aromatic rings. The Balaban J connectivity index is 2.72. The number of carbonyl (C=O) groups is 3. The molecule has 0 aromatic heterocycles. The Hall–Kier alpha value is -2.72. The Labute approximate surface area is 163 Å². The number of rotatable bonds is 4. The van der Waals surface area contributed by atoms with Gasteiger partial charge in [0.05, 0.1) is 0 Å². The molecule has 0 spiro atoms. The standard InChI is InChI=1S/C11H15.3C3H2O2.Ti/c1-8-7-10-5-3-4-6-11(10)9(8)2;3*1-2-3(4)5;/h7H,3-6H2,1-2H3;3*1H,(H,4,5);/q;;;;+3/p-3. The molecule has 6 nitrogen and oxygen atoms in total. The van der Waals surface area contributed by atoms with Gasteiger partial charge in [0.1, 0.15) is 0 Å². The Kier molecular flexibility index (Phi) is 6.02. The van der Waals surface area contributed by atoms with E-state index < -0.39 is 39.4 Å². The summed E-state index contributed by atoms with van der Waals surface area (Å²) < 4.78 is 15.1. The van der Waals surface area contributed by atoms with E-state index in [0.29, 0.717) is 6.42 Å². The van der Waals surface area contributed by atoms with Crippen LogP contribution >= 0.6 is 0 Å². The van der Waals surface area contributed by atoms with Crippen molar-refractivity contribution in [2.24, 2.45) is 0 Å². The molecule has 2 rings (SSSR count). The molecule has 0 amide bonds. The minimum absolute atomic E-state index is 0.668. The first kappa shape index (κ1) is 20.6.